The summed E-state index contributed by atoms with van der Waals surface area (Å²) in [4.78, 5) is 35.8. The molecule has 0 saturated heterocycles. The molecule has 0 amide bonds. The van der Waals surface area contributed by atoms with Gasteiger partial charge in [0.1, 0.15) is 17.8 Å². The molecule has 5 rings (SSSR count). The van der Waals surface area contributed by atoms with Crippen LogP contribution in [0.5, 0.6) is 0 Å². The summed E-state index contributed by atoms with van der Waals surface area (Å²) in [5.41, 5.74) is 4.36. The lowest BCUT2D eigenvalue weighted by molar-refractivity contribution is -0.148. The lowest BCUT2D eigenvalue weighted by Gasteiger charge is -2.30. The van der Waals surface area contributed by atoms with Crippen LogP contribution < -0.4 is 0 Å². The molecular formula is C23H19N3O4. The molecule has 2 aromatic carbocycles. The highest BCUT2D eigenvalue weighted by molar-refractivity contribution is 6.06. The van der Waals surface area contributed by atoms with E-state index in [4.69, 9.17) is 14.5 Å². The molecule has 3 aromatic rings. The number of rotatable bonds is 3. The van der Waals surface area contributed by atoms with Gasteiger partial charge in [-0.2, -0.15) is 0 Å². The van der Waals surface area contributed by atoms with E-state index in [2.05, 4.69) is 4.98 Å². The van der Waals surface area contributed by atoms with Crippen molar-refractivity contribution < 1.29 is 19.1 Å². The van der Waals surface area contributed by atoms with Crippen LogP contribution in [-0.4, -0.2) is 41.0 Å². The van der Waals surface area contributed by atoms with E-state index in [0.29, 0.717) is 11.5 Å². The van der Waals surface area contributed by atoms with Gasteiger partial charge < -0.3 is 19.4 Å². The molecule has 0 radical (unpaired) electrons. The van der Waals surface area contributed by atoms with Crippen molar-refractivity contribution in [2.45, 2.75) is 6.04 Å². The van der Waals surface area contributed by atoms with Crippen LogP contribution in [0.3, 0.4) is 0 Å². The fourth-order valence-electron chi connectivity index (χ4n) is 4.32. The van der Waals surface area contributed by atoms with Crippen molar-refractivity contribution in [1.82, 2.24) is 14.9 Å². The van der Waals surface area contributed by atoms with E-state index in [-0.39, 0.29) is 5.57 Å². The van der Waals surface area contributed by atoms with Crippen molar-refractivity contribution in [2.75, 3.05) is 14.2 Å². The molecule has 150 valence electrons. The SMILES string of the molecule is COC(=O)C1=C2c3ccccc3C=CN2[C@@H](c2nc3ccccc3[nH]2)[C@@H]1C(=O)OC. The highest BCUT2D eigenvalue weighted by atomic mass is 16.5. The van der Waals surface area contributed by atoms with Crippen LogP contribution in [0.2, 0.25) is 0 Å². The van der Waals surface area contributed by atoms with Gasteiger partial charge in [-0.3, -0.25) is 4.79 Å². The van der Waals surface area contributed by atoms with Gasteiger partial charge in [0, 0.05) is 11.8 Å². The zero-order valence-electron chi connectivity index (χ0n) is 16.5. The quantitative estimate of drug-likeness (QED) is 0.678. The summed E-state index contributed by atoms with van der Waals surface area (Å²) < 4.78 is 10.2. The van der Waals surface area contributed by atoms with E-state index < -0.39 is 23.9 Å². The van der Waals surface area contributed by atoms with Crippen LogP contribution in [0.4, 0.5) is 0 Å². The standard InChI is InChI=1S/C23H19N3O4/c1-29-22(27)17-18(23(28)30-2)20(21-24-15-9-5-6-10-16(15)25-21)26-12-11-13-7-3-4-8-14(13)19(17)26/h3-12,18,20H,1-2H3,(H,24,25)/t18-,20-/m1/s1. The third kappa shape index (κ3) is 2.55. The van der Waals surface area contributed by atoms with Crippen molar-refractivity contribution in [3.05, 3.63) is 77.3 Å². The summed E-state index contributed by atoms with van der Waals surface area (Å²) in [5.74, 6) is -1.40. The van der Waals surface area contributed by atoms with Gasteiger partial charge in [-0.05, 0) is 23.8 Å². The van der Waals surface area contributed by atoms with Gasteiger partial charge in [0.15, 0.2) is 0 Å². The summed E-state index contributed by atoms with van der Waals surface area (Å²) in [6, 6.07) is 14.8. The molecule has 0 saturated carbocycles. The lowest BCUT2D eigenvalue weighted by Crippen LogP contribution is -2.30. The van der Waals surface area contributed by atoms with Crippen molar-refractivity contribution in [2.24, 2.45) is 5.92 Å². The number of aromatic nitrogens is 2. The van der Waals surface area contributed by atoms with Crippen LogP contribution in [0.25, 0.3) is 22.8 Å². The molecule has 7 nitrogen and oxygen atoms in total. The number of hydrogen-bond acceptors (Lipinski definition) is 6. The number of H-pyrrole nitrogens is 1. The topological polar surface area (TPSA) is 84.5 Å². The van der Waals surface area contributed by atoms with Gasteiger partial charge in [0.05, 0.1) is 36.5 Å². The van der Waals surface area contributed by atoms with E-state index in [1.165, 1.54) is 14.2 Å². The fourth-order valence-corrected chi connectivity index (χ4v) is 4.32. The highest BCUT2D eigenvalue weighted by Gasteiger charge is 2.51. The maximum atomic E-state index is 12.9. The summed E-state index contributed by atoms with van der Waals surface area (Å²) in [6.45, 7) is 0. The average Bonchev–Trinajstić information content (AvgIpc) is 3.36. The van der Waals surface area contributed by atoms with Gasteiger partial charge in [-0.25, -0.2) is 9.78 Å². The zero-order chi connectivity index (χ0) is 20.8. The second-order valence-electron chi connectivity index (χ2n) is 7.15. The van der Waals surface area contributed by atoms with Gasteiger partial charge >= 0.3 is 11.9 Å². The van der Waals surface area contributed by atoms with Crippen LogP contribution in [0.1, 0.15) is 23.0 Å². The van der Waals surface area contributed by atoms with Crippen molar-refractivity contribution in [3.8, 4) is 0 Å². The first-order chi connectivity index (χ1) is 14.6. The average molecular weight is 401 g/mol. The minimum absolute atomic E-state index is 0.270. The lowest BCUT2D eigenvalue weighted by atomic mass is 9.92. The maximum Gasteiger partial charge on any atom is 0.336 e. The summed E-state index contributed by atoms with van der Waals surface area (Å²) in [5, 5.41) is 0. The molecule has 0 fully saturated rings. The number of para-hydroxylation sites is 2. The second kappa shape index (κ2) is 6.88. The molecule has 2 aliphatic rings. The van der Waals surface area contributed by atoms with Gasteiger partial charge in [0.25, 0.3) is 0 Å². The molecule has 0 unspecified atom stereocenters. The summed E-state index contributed by atoms with van der Waals surface area (Å²) in [6.07, 6.45) is 3.84. The number of nitrogens with one attached hydrogen (secondary N) is 1. The molecule has 2 atom stereocenters. The number of fused-ring (bicyclic) bond motifs is 4. The molecule has 3 heterocycles. The molecule has 0 spiro atoms. The Hall–Kier alpha value is -3.87. The van der Waals surface area contributed by atoms with Gasteiger partial charge in [-0.1, -0.05) is 36.4 Å². The number of carbonyl (C=O) groups excluding carboxylic acids is 2. The second-order valence-corrected chi connectivity index (χ2v) is 7.15. The number of hydrogen-bond donors (Lipinski definition) is 1. The molecule has 0 aliphatic carbocycles. The Labute approximate surface area is 172 Å². The minimum Gasteiger partial charge on any atom is -0.468 e. The number of ether oxygens (including phenoxy) is 2. The van der Waals surface area contributed by atoms with E-state index in [1.807, 2.05) is 65.7 Å². The Bertz CT molecular complexity index is 1210. The molecule has 0 bridgehead atoms. The normalized spacial score (nSPS) is 19.6. The first-order valence-corrected chi connectivity index (χ1v) is 9.55. The Morgan fingerprint density at radius 3 is 2.57 bits per heavy atom. The van der Waals surface area contributed by atoms with Crippen LogP contribution >= 0.6 is 0 Å². The molecule has 1 aromatic heterocycles. The Morgan fingerprint density at radius 2 is 1.80 bits per heavy atom. The first kappa shape index (κ1) is 18.2. The van der Waals surface area contributed by atoms with Crippen molar-refractivity contribution in [1.29, 1.82) is 0 Å². The van der Waals surface area contributed by atoms with Crippen molar-refractivity contribution in [3.63, 3.8) is 0 Å². The van der Waals surface area contributed by atoms with E-state index >= 15 is 0 Å². The number of imidazole rings is 1. The minimum atomic E-state index is -0.895. The maximum absolute atomic E-state index is 12.9. The van der Waals surface area contributed by atoms with Crippen LogP contribution in [0, 0.1) is 5.92 Å². The Balaban J connectivity index is 1.77. The molecule has 30 heavy (non-hydrogen) atoms. The first-order valence-electron chi connectivity index (χ1n) is 9.55. The molecule has 7 heteroatoms. The molecule has 1 N–H and O–H groups in total. The monoisotopic (exact) mass is 401 g/mol. The number of methoxy groups -OCH3 is 2. The number of nitrogens with zero attached hydrogens (tertiary/aromatic N) is 2. The number of carbonyl (C=O) groups is 2. The van der Waals surface area contributed by atoms with E-state index in [9.17, 15) is 9.59 Å². The Kier molecular flexibility index (Phi) is 4.17. The number of benzene rings is 2. The Morgan fingerprint density at radius 1 is 1.03 bits per heavy atom. The molecular weight excluding hydrogens is 382 g/mol. The predicted molar refractivity (Wildman–Crippen MR) is 111 cm³/mol. The summed E-state index contributed by atoms with van der Waals surface area (Å²) >= 11 is 0. The van der Waals surface area contributed by atoms with Crippen LogP contribution in [-0.2, 0) is 19.1 Å². The molecule has 2 aliphatic heterocycles. The van der Waals surface area contributed by atoms with Crippen molar-refractivity contribution >= 4 is 34.7 Å². The largest absolute Gasteiger partial charge is 0.468 e. The van der Waals surface area contributed by atoms with Crippen LogP contribution in [0.15, 0.2) is 60.3 Å². The van der Waals surface area contributed by atoms with Gasteiger partial charge in [-0.15, -0.1) is 0 Å². The third-order valence-electron chi connectivity index (χ3n) is 5.62. The van der Waals surface area contributed by atoms with E-state index in [0.717, 1.165) is 22.2 Å². The summed E-state index contributed by atoms with van der Waals surface area (Å²) in [7, 11) is 2.63. The van der Waals surface area contributed by atoms with Gasteiger partial charge in [0.2, 0.25) is 0 Å². The fraction of sp³-hybridized carbons (Fsp3) is 0.174. The number of aromatic amines is 1. The zero-order valence-corrected chi connectivity index (χ0v) is 16.5. The highest BCUT2D eigenvalue weighted by Crippen LogP contribution is 2.50. The number of esters is 2. The third-order valence-corrected chi connectivity index (χ3v) is 5.62. The smallest absolute Gasteiger partial charge is 0.336 e. The van der Waals surface area contributed by atoms with E-state index in [1.54, 1.807) is 0 Å². The predicted octanol–water partition coefficient (Wildman–Crippen LogP) is 3.28.